The molecule has 0 saturated carbocycles. The summed E-state index contributed by atoms with van der Waals surface area (Å²) in [5, 5.41) is 13.6. The van der Waals surface area contributed by atoms with Crippen LogP contribution in [0.5, 0.6) is 0 Å². The van der Waals surface area contributed by atoms with Gasteiger partial charge in [-0.1, -0.05) is 38.1 Å². The first-order chi connectivity index (χ1) is 14.0. The number of H-pyrrole nitrogens is 1. The van der Waals surface area contributed by atoms with Crippen LogP contribution in [0, 0.1) is 17.2 Å². The minimum Gasteiger partial charge on any atom is -0.357 e. The third kappa shape index (κ3) is 2.81. The average Bonchev–Trinajstić information content (AvgIpc) is 3.13. The van der Waals surface area contributed by atoms with Crippen LogP contribution in [-0.2, 0) is 11.8 Å². The highest BCUT2D eigenvalue weighted by Crippen LogP contribution is 2.44. The van der Waals surface area contributed by atoms with Gasteiger partial charge in [0.2, 0.25) is 0 Å². The number of nitriles is 1. The van der Waals surface area contributed by atoms with Crippen molar-refractivity contribution in [3.8, 4) is 6.07 Å². The number of fused-ring (bicyclic) bond motifs is 4. The fourth-order valence-corrected chi connectivity index (χ4v) is 5.09. The van der Waals surface area contributed by atoms with Crippen molar-refractivity contribution in [2.75, 3.05) is 13.1 Å². The van der Waals surface area contributed by atoms with E-state index in [0.717, 1.165) is 52.8 Å². The third-order valence-electron chi connectivity index (χ3n) is 6.76. The SMILES string of the molecule is CC1(C)c2cc(CC3CCNCC3)ccc2C(=O)c2c1[nH]c1cc(C#N)ccc21. The molecule has 0 unspecified atom stereocenters. The van der Waals surface area contributed by atoms with Crippen LogP contribution in [0.3, 0.4) is 0 Å². The van der Waals surface area contributed by atoms with Crippen molar-refractivity contribution in [3.05, 3.63) is 69.9 Å². The number of aromatic amines is 1. The first-order valence-corrected chi connectivity index (χ1v) is 10.4. The third-order valence-corrected chi connectivity index (χ3v) is 6.76. The number of nitrogens with zero attached hydrogens (tertiary/aromatic N) is 1. The molecule has 0 amide bonds. The van der Waals surface area contributed by atoms with Crippen LogP contribution in [0.25, 0.3) is 10.9 Å². The predicted octanol–water partition coefficient (Wildman–Crippen LogP) is 4.45. The van der Waals surface area contributed by atoms with E-state index in [1.54, 1.807) is 6.07 Å². The summed E-state index contributed by atoms with van der Waals surface area (Å²) >= 11 is 0. The summed E-state index contributed by atoms with van der Waals surface area (Å²) in [7, 11) is 0. The normalized spacial score (nSPS) is 18.3. The fourth-order valence-electron chi connectivity index (χ4n) is 5.09. The van der Waals surface area contributed by atoms with Gasteiger partial charge in [0.05, 0.1) is 17.2 Å². The van der Waals surface area contributed by atoms with Crippen LogP contribution in [0.1, 0.15) is 65.0 Å². The van der Waals surface area contributed by atoms with Crippen molar-refractivity contribution in [1.29, 1.82) is 5.26 Å². The molecule has 2 heterocycles. The number of piperidine rings is 1. The molecule has 4 nitrogen and oxygen atoms in total. The smallest absolute Gasteiger partial charge is 0.195 e. The van der Waals surface area contributed by atoms with Crippen LogP contribution < -0.4 is 5.32 Å². The topological polar surface area (TPSA) is 68.7 Å². The quantitative estimate of drug-likeness (QED) is 0.687. The molecular formula is C25H25N3O. The maximum atomic E-state index is 13.4. The molecule has 0 atom stereocenters. The lowest BCUT2D eigenvalue weighted by Crippen LogP contribution is -2.31. The van der Waals surface area contributed by atoms with Gasteiger partial charge in [-0.3, -0.25) is 4.79 Å². The van der Waals surface area contributed by atoms with E-state index in [1.165, 1.54) is 18.4 Å². The Morgan fingerprint density at radius 1 is 1.14 bits per heavy atom. The second-order valence-corrected chi connectivity index (χ2v) is 8.98. The van der Waals surface area contributed by atoms with Crippen LogP contribution in [-0.4, -0.2) is 23.9 Å². The Morgan fingerprint density at radius 3 is 2.69 bits per heavy atom. The van der Waals surface area contributed by atoms with Gasteiger partial charge in [0.25, 0.3) is 0 Å². The van der Waals surface area contributed by atoms with Gasteiger partial charge < -0.3 is 10.3 Å². The summed E-state index contributed by atoms with van der Waals surface area (Å²) in [6.07, 6.45) is 3.50. The molecule has 4 heteroatoms. The Morgan fingerprint density at radius 2 is 1.93 bits per heavy atom. The Hall–Kier alpha value is -2.90. The van der Waals surface area contributed by atoms with Gasteiger partial charge in [0.15, 0.2) is 5.78 Å². The van der Waals surface area contributed by atoms with E-state index in [4.69, 9.17) is 0 Å². The molecule has 3 aromatic rings. The van der Waals surface area contributed by atoms with Crippen LogP contribution >= 0.6 is 0 Å². The van der Waals surface area contributed by atoms with E-state index in [0.29, 0.717) is 11.5 Å². The number of hydrogen-bond acceptors (Lipinski definition) is 3. The summed E-state index contributed by atoms with van der Waals surface area (Å²) < 4.78 is 0. The van der Waals surface area contributed by atoms with Crippen molar-refractivity contribution < 1.29 is 4.79 Å². The standard InChI is InChI=1S/C25H25N3O/c1-25(2)20-12-16(11-15-7-9-27-10-8-15)3-5-18(20)23(29)22-19-6-4-17(14-26)13-21(19)28-24(22)25/h3-6,12-13,15,27-28H,7-11H2,1-2H3. The number of carbonyl (C=O) groups is 1. The second-order valence-electron chi connectivity index (χ2n) is 8.98. The molecule has 146 valence electrons. The minimum absolute atomic E-state index is 0.0821. The van der Waals surface area contributed by atoms with Crippen molar-refractivity contribution in [3.63, 3.8) is 0 Å². The van der Waals surface area contributed by atoms with E-state index in [-0.39, 0.29) is 11.2 Å². The molecule has 1 fully saturated rings. The van der Waals surface area contributed by atoms with Gasteiger partial charge in [-0.05, 0) is 61.5 Å². The zero-order valence-electron chi connectivity index (χ0n) is 16.9. The number of aromatic nitrogens is 1. The van der Waals surface area contributed by atoms with Crippen molar-refractivity contribution in [2.24, 2.45) is 5.92 Å². The van der Waals surface area contributed by atoms with Crippen LogP contribution in [0.2, 0.25) is 0 Å². The highest BCUT2D eigenvalue weighted by Gasteiger charge is 2.39. The van der Waals surface area contributed by atoms with Crippen molar-refractivity contribution in [1.82, 2.24) is 10.3 Å². The molecule has 2 aromatic carbocycles. The van der Waals surface area contributed by atoms with Gasteiger partial charge in [-0.2, -0.15) is 5.26 Å². The molecular weight excluding hydrogens is 358 g/mol. The molecule has 29 heavy (non-hydrogen) atoms. The Labute approximate surface area is 170 Å². The minimum atomic E-state index is -0.297. The lowest BCUT2D eigenvalue weighted by atomic mass is 9.70. The maximum absolute atomic E-state index is 13.4. The number of nitrogens with one attached hydrogen (secondary N) is 2. The Balaban J connectivity index is 1.60. The molecule has 2 N–H and O–H groups in total. The van der Waals surface area contributed by atoms with E-state index in [2.05, 4.69) is 42.4 Å². The van der Waals surface area contributed by atoms with E-state index >= 15 is 0 Å². The highest BCUT2D eigenvalue weighted by atomic mass is 16.1. The van der Waals surface area contributed by atoms with E-state index in [1.807, 2.05) is 18.2 Å². The first-order valence-electron chi connectivity index (χ1n) is 10.4. The molecule has 2 aliphatic rings. The molecule has 0 spiro atoms. The van der Waals surface area contributed by atoms with Crippen molar-refractivity contribution >= 4 is 16.7 Å². The Bertz CT molecular complexity index is 1170. The molecule has 1 aliphatic carbocycles. The van der Waals surface area contributed by atoms with Gasteiger partial charge in [0, 0.05) is 27.6 Å². The van der Waals surface area contributed by atoms with Gasteiger partial charge in [-0.25, -0.2) is 0 Å². The molecule has 0 bridgehead atoms. The number of benzene rings is 2. The van der Waals surface area contributed by atoms with Gasteiger partial charge >= 0.3 is 0 Å². The summed E-state index contributed by atoms with van der Waals surface area (Å²) in [4.78, 5) is 16.9. The van der Waals surface area contributed by atoms with Crippen molar-refractivity contribution in [2.45, 2.75) is 38.5 Å². The average molecular weight is 383 g/mol. The number of ketones is 1. The zero-order valence-corrected chi connectivity index (χ0v) is 16.9. The summed E-state index contributed by atoms with van der Waals surface area (Å²) in [5.41, 5.74) is 6.11. The van der Waals surface area contributed by atoms with Crippen LogP contribution in [0.15, 0.2) is 36.4 Å². The summed E-state index contributed by atoms with van der Waals surface area (Å²) in [6, 6.07) is 14.1. The molecule has 0 radical (unpaired) electrons. The van der Waals surface area contributed by atoms with Gasteiger partial charge in [-0.15, -0.1) is 0 Å². The van der Waals surface area contributed by atoms with Crippen LogP contribution in [0.4, 0.5) is 0 Å². The fraction of sp³-hybridized carbons (Fsp3) is 0.360. The largest absolute Gasteiger partial charge is 0.357 e. The maximum Gasteiger partial charge on any atom is 0.195 e. The predicted molar refractivity (Wildman–Crippen MR) is 114 cm³/mol. The lowest BCUT2D eigenvalue weighted by Gasteiger charge is -2.33. The summed E-state index contributed by atoms with van der Waals surface area (Å²) in [5.74, 6) is 0.795. The van der Waals surface area contributed by atoms with E-state index < -0.39 is 0 Å². The monoisotopic (exact) mass is 383 g/mol. The zero-order chi connectivity index (χ0) is 20.2. The number of carbonyl (C=O) groups excluding carboxylic acids is 1. The lowest BCUT2D eigenvalue weighted by molar-refractivity contribution is 0.103. The summed E-state index contributed by atoms with van der Waals surface area (Å²) in [6.45, 7) is 6.57. The van der Waals surface area contributed by atoms with E-state index in [9.17, 15) is 10.1 Å². The van der Waals surface area contributed by atoms with Gasteiger partial charge in [0.1, 0.15) is 0 Å². The molecule has 1 aromatic heterocycles. The molecule has 1 saturated heterocycles. The number of hydrogen-bond donors (Lipinski definition) is 2. The molecule has 5 rings (SSSR count). The Kier molecular flexibility index (Phi) is 4.11. The molecule has 1 aliphatic heterocycles. The first kappa shape index (κ1) is 18.1. The highest BCUT2D eigenvalue weighted by molar-refractivity contribution is 6.20. The number of rotatable bonds is 2. The second kappa shape index (κ2) is 6.57.